The highest BCUT2D eigenvalue weighted by molar-refractivity contribution is 5.96. The maximum atomic E-state index is 13.0. The zero-order valence-corrected chi connectivity index (χ0v) is 17.5. The number of ether oxygens (including phenoxy) is 2. The second-order valence-corrected chi connectivity index (χ2v) is 7.01. The first-order chi connectivity index (χ1) is 15.5. The van der Waals surface area contributed by atoms with Crippen molar-refractivity contribution < 1.29 is 14.3 Å². The quantitative estimate of drug-likeness (QED) is 0.411. The number of nitrogens with zero attached hydrogens (tertiary/aromatic N) is 4. The molecule has 1 aromatic heterocycles. The summed E-state index contributed by atoms with van der Waals surface area (Å²) < 4.78 is 13.0. The summed E-state index contributed by atoms with van der Waals surface area (Å²) in [4.78, 5) is 46.6. The first-order valence-electron chi connectivity index (χ1n) is 9.76. The average molecular weight is 432 g/mol. The lowest BCUT2D eigenvalue weighted by atomic mass is 10.1. The predicted molar refractivity (Wildman–Crippen MR) is 117 cm³/mol. The molecule has 0 fully saturated rings. The van der Waals surface area contributed by atoms with Gasteiger partial charge in [0.15, 0.2) is 23.1 Å². The summed E-state index contributed by atoms with van der Waals surface area (Å²) in [6.07, 6.45) is 4.81. The van der Waals surface area contributed by atoms with Crippen molar-refractivity contribution in [2.24, 2.45) is 0 Å². The largest absolute Gasteiger partial charge is 0.493 e. The molecular weight excluding hydrogens is 412 g/mol. The second-order valence-electron chi connectivity index (χ2n) is 7.01. The van der Waals surface area contributed by atoms with E-state index in [0.29, 0.717) is 22.6 Å². The molecule has 0 atom stereocenters. The molecule has 3 heterocycles. The van der Waals surface area contributed by atoms with E-state index in [9.17, 15) is 14.4 Å². The molecule has 2 aromatic rings. The highest BCUT2D eigenvalue weighted by Gasteiger charge is 2.19. The van der Waals surface area contributed by atoms with Crippen molar-refractivity contribution in [1.82, 2.24) is 19.1 Å². The summed E-state index contributed by atoms with van der Waals surface area (Å²) in [7, 11) is 3.00. The molecule has 0 spiro atoms. The Morgan fingerprint density at radius 2 is 1.84 bits per heavy atom. The van der Waals surface area contributed by atoms with Gasteiger partial charge >= 0.3 is 5.69 Å². The maximum absolute atomic E-state index is 13.0. The summed E-state index contributed by atoms with van der Waals surface area (Å²) in [5, 5.41) is 0. The standard InChI is InChI=1S/C23H20N4O5/c1-31-19-8-7-16(11-20(19)32-2)18(28)14-26-10-4-6-17-21(26)25-23(30)27(22(17)29)13-15-5-3-9-24-12-15/h3-12H,13-14H2,1-2H3. The summed E-state index contributed by atoms with van der Waals surface area (Å²) in [6.45, 7) is -0.0424. The van der Waals surface area contributed by atoms with Crippen LogP contribution in [0.4, 0.5) is 0 Å². The third kappa shape index (κ3) is 4.00. The van der Waals surface area contributed by atoms with Gasteiger partial charge in [-0.3, -0.25) is 19.1 Å². The fourth-order valence-electron chi connectivity index (χ4n) is 3.41. The van der Waals surface area contributed by atoms with Crippen LogP contribution >= 0.6 is 0 Å². The number of benzene rings is 1. The first-order valence-corrected chi connectivity index (χ1v) is 9.76. The van der Waals surface area contributed by atoms with Crippen LogP contribution in [-0.4, -0.2) is 39.1 Å². The molecule has 0 saturated carbocycles. The molecule has 0 saturated heterocycles. The number of carbonyl (C=O) groups is 1. The Labute approximate surface area is 182 Å². The first kappa shape index (κ1) is 21.0. The van der Waals surface area contributed by atoms with Crippen LogP contribution in [0.15, 0.2) is 70.6 Å². The number of hydrogen-bond donors (Lipinski definition) is 0. The summed E-state index contributed by atoms with van der Waals surface area (Å²) in [5.74, 6) is 0.851. The van der Waals surface area contributed by atoms with E-state index in [1.165, 1.54) is 18.8 Å². The summed E-state index contributed by atoms with van der Waals surface area (Å²) in [6, 6.07) is 11.6. The molecule has 0 aliphatic carbocycles. The lowest BCUT2D eigenvalue weighted by Crippen LogP contribution is -2.38. The fraction of sp³-hybridized carbons (Fsp3) is 0.174. The van der Waals surface area contributed by atoms with E-state index in [4.69, 9.17) is 9.47 Å². The van der Waals surface area contributed by atoms with Gasteiger partial charge in [0.05, 0.1) is 32.9 Å². The van der Waals surface area contributed by atoms with Crippen LogP contribution in [0.3, 0.4) is 0 Å². The molecule has 2 aliphatic rings. The predicted octanol–water partition coefficient (Wildman–Crippen LogP) is 1.85. The molecule has 0 radical (unpaired) electrons. The lowest BCUT2D eigenvalue weighted by molar-refractivity contribution is 0.0971. The van der Waals surface area contributed by atoms with Crippen LogP contribution in [0, 0.1) is 0 Å². The molecule has 9 heteroatoms. The van der Waals surface area contributed by atoms with Crippen LogP contribution in [-0.2, 0) is 13.1 Å². The zero-order valence-electron chi connectivity index (χ0n) is 17.5. The van der Waals surface area contributed by atoms with Crippen molar-refractivity contribution >= 4 is 5.78 Å². The molecule has 9 nitrogen and oxygen atoms in total. The van der Waals surface area contributed by atoms with E-state index in [0.717, 1.165) is 4.57 Å². The topological polar surface area (TPSA) is 105 Å². The molecule has 0 bridgehead atoms. The van der Waals surface area contributed by atoms with Gasteiger partial charge in [-0.1, -0.05) is 6.07 Å². The van der Waals surface area contributed by atoms with Crippen LogP contribution in [0.5, 0.6) is 11.5 Å². The van der Waals surface area contributed by atoms with E-state index in [1.54, 1.807) is 61.1 Å². The van der Waals surface area contributed by atoms with Gasteiger partial charge < -0.3 is 14.0 Å². The van der Waals surface area contributed by atoms with Crippen molar-refractivity contribution in [3.63, 3.8) is 0 Å². The Kier molecular flexibility index (Phi) is 5.80. The minimum absolute atomic E-state index is 0.0634. The number of ketones is 1. The number of hydrogen-bond acceptors (Lipinski definition) is 7. The highest BCUT2D eigenvalue weighted by atomic mass is 16.5. The van der Waals surface area contributed by atoms with Crippen molar-refractivity contribution in [3.8, 4) is 22.9 Å². The van der Waals surface area contributed by atoms with E-state index < -0.39 is 11.2 Å². The smallest absolute Gasteiger partial charge is 0.352 e. The van der Waals surface area contributed by atoms with E-state index in [1.807, 2.05) is 0 Å². The highest BCUT2D eigenvalue weighted by Crippen LogP contribution is 2.28. The Morgan fingerprint density at radius 1 is 1.03 bits per heavy atom. The van der Waals surface area contributed by atoms with Gasteiger partial charge in [-0.2, -0.15) is 4.98 Å². The average Bonchev–Trinajstić information content (AvgIpc) is 2.82. The lowest BCUT2D eigenvalue weighted by Gasteiger charge is -2.15. The fourth-order valence-corrected chi connectivity index (χ4v) is 3.41. The number of carbonyl (C=O) groups excluding carboxylic acids is 1. The van der Waals surface area contributed by atoms with E-state index >= 15 is 0 Å². The number of Topliss-reactive ketones (excluding diaryl/α,β-unsaturated/α-hetero) is 1. The normalized spacial score (nSPS) is 10.8. The van der Waals surface area contributed by atoms with Crippen molar-refractivity contribution in [3.05, 3.63) is 93.0 Å². The minimum atomic E-state index is -0.690. The third-order valence-electron chi connectivity index (χ3n) is 5.03. The van der Waals surface area contributed by atoms with Gasteiger partial charge in [0.25, 0.3) is 5.56 Å². The van der Waals surface area contributed by atoms with E-state index in [-0.39, 0.29) is 30.3 Å². The van der Waals surface area contributed by atoms with Gasteiger partial charge in [0, 0.05) is 24.2 Å². The van der Waals surface area contributed by atoms with Crippen LogP contribution in [0.1, 0.15) is 15.9 Å². The second kappa shape index (κ2) is 8.84. The SMILES string of the molecule is COc1ccc(C(=O)Cn2cccc3c(=O)n(Cc4cccnc4)c(=O)nc2-3)cc1OC. The molecule has 32 heavy (non-hydrogen) atoms. The van der Waals surface area contributed by atoms with Crippen molar-refractivity contribution in [1.29, 1.82) is 0 Å². The summed E-state index contributed by atoms with van der Waals surface area (Å²) in [5.41, 5.74) is 0.192. The molecule has 2 aliphatic heterocycles. The molecular formula is C23H20N4O5. The maximum Gasteiger partial charge on any atom is 0.352 e. The van der Waals surface area contributed by atoms with Gasteiger partial charge in [0.1, 0.15) is 0 Å². The number of aromatic nitrogens is 4. The van der Waals surface area contributed by atoms with Gasteiger partial charge in [-0.25, -0.2) is 4.79 Å². The van der Waals surface area contributed by atoms with Crippen LogP contribution in [0.2, 0.25) is 0 Å². The van der Waals surface area contributed by atoms with Gasteiger partial charge in [0.2, 0.25) is 0 Å². The van der Waals surface area contributed by atoms with Crippen molar-refractivity contribution in [2.75, 3.05) is 14.2 Å². The Bertz CT molecular complexity index is 1360. The van der Waals surface area contributed by atoms with E-state index in [2.05, 4.69) is 9.97 Å². The molecule has 1 aromatic carbocycles. The Hall–Kier alpha value is -4.27. The third-order valence-corrected chi connectivity index (χ3v) is 5.03. The van der Waals surface area contributed by atoms with Crippen LogP contribution < -0.4 is 20.7 Å². The van der Waals surface area contributed by atoms with Crippen molar-refractivity contribution in [2.45, 2.75) is 13.1 Å². The zero-order chi connectivity index (χ0) is 22.7. The molecule has 4 rings (SSSR count). The summed E-state index contributed by atoms with van der Waals surface area (Å²) >= 11 is 0. The Balaban J connectivity index is 1.69. The molecule has 0 amide bonds. The van der Waals surface area contributed by atoms with Gasteiger partial charge in [-0.15, -0.1) is 0 Å². The number of fused-ring (bicyclic) bond motifs is 1. The van der Waals surface area contributed by atoms with Crippen LogP contribution in [0.25, 0.3) is 11.4 Å². The molecule has 0 unspecified atom stereocenters. The monoisotopic (exact) mass is 432 g/mol. The number of methoxy groups -OCH3 is 2. The number of pyridine rings is 2. The number of rotatable bonds is 7. The molecule has 162 valence electrons. The molecule has 0 N–H and O–H groups in total. The minimum Gasteiger partial charge on any atom is -0.493 e. The van der Waals surface area contributed by atoms with Gasteiger partial charge in [-0.05, 0) is 42.0 Å². The Morgan fingerprint density at radius 3 is 2.56 bits per heavy atom.